The molecule has 23 heavy (non-hydrogen) atoms. The van der Waals surface area contributed by atoms with Gasteiger partial charge in [-0.15, -0.1) is 0 Å². The van der Waals surface area contributed by atoms with Crippen molar-refractivity contribution in [1.82, 2.24) is 4.90 Å². The van der Waals surface area contributed by atoms with Gasteiger partial charge in [0.15, 0.2) is 6.10 Å². The van der Waals surface area contributed by atoms with Gasteiger partial charge in [0, 0.05) is 13.1 Å². The van der Waals surface area contributed by atoms with E-state index in [1.165, 1.54) is 0 Å². The largest absolute Gasteiger partial charge is 0.481 e. The second kappa shape index (κ2) is 7.49. The minimum absolute atomic E-state index is 0.119. The molecule has 1 aromatic rings. The van der Waals surface area contributed by atoms with Crippen LogP contribution in [0.5, 0.6) is 5.75 Å². The van der Waals surface area contributed by atoms with Crippen molar-refractivity contribution in [3.63, 3.8) is 0 Å². The van der Waals surface area contributed by atoms with Crippen LogP contribution in [-0.2, 0) is 9.59 Å². The molecule has 0 spiro atoms. The highest BCUT2D eigenvalue weighted by atomic mass is 16.5. The predicted molar refractivity (Wildman–Crippen MR) is 87.4 cm³/mol. The zero-order valence-corrected chi connectivity index (χ0v) is 14.0. The highest BCUT2D eigenvalue weighted by Gasteiger charge is 2.34. The summed E-state index contributed by atoms with van der Waals surface area (Å²) >= 11 is 0. The van der Waals surface area contributed by atoms with E-state index in [2.05, 4.69) is 0 Å². The van der Waals surface area contributed by atoms with Gasteiger partial charge in [0.25, 0.3) is 5.91 Å². The number of carbonyl (C=O) groups is 2. The maximum absolute atomic E-state index is 12.7. The first kappa shape index (κ1) is 17.3. The Morgan fingerprint density at radius 2 is 2.13 bits per heavy atom. The lowest BCUT2D eigenvalue weighted by molar-refractivity contribution is -0.149. The second-order valence-electron chi connectivity index (χ2n) is 6.45. The molecule has 2 rings (SSSR count). The van der Waals surface area contributed by atoms with Crippen LogP contribution in [-0.4, -0.2) is 41.1 Å². The Hall–Kier alpha value is -2.04. The third-order valence-corrected chi connectivity index (χ3v) is 4.23. The van der Waals surface area contributed by atoms with Crippen molar-refractivity contribution in [1.29, 1.82) is 0 Å². The average molecular weight is 319 g/mol. The number of rotatable bonds is 5. The smallest absolute Gasteiger partial charge is 0.308 e. The van der Waals surface area contributed by atoms with Gasteiger partial charge < -0.3 is 14.7 Å². The van der Waals surface area contributed by atoms with Crippen LogP contribution in [0.25, 0.3) is 0 Å². The fourth-order valence-electron chi connectivity index (χ4n) is 3.08. The van der Waals surface area contributed by atoms with Crippen LogP contribution >= 0.6 is 0 Å². The Bertz CT molecular complexity index is 572. The molecule has 1 aliphatic rings. The number of carboxylic acid groups (broad SMARTS) is 1. The molecule has 5 heteroatoms. The fourth-order valence-corrected chi connectivity index (χ4v) is 3.08. The predicted octanol–water partition coefficient (Wildman–Crippen LogP) is 2.72. The molecule has 0 saturated carbocycles. The molecule has 1 fully saturated rings. The lowest BCUT2D eigenvalue weighted by atomic mass is 9.90. The monoisotopic (exact) mass is 319 g/mol. The Morgan fingerprint density at radius 1 is 1.39 bits per heavy atom. The van der Waals surface area contributed by atoms with Crippen molar-refractivity contribution in [2.24, 2.45) is 11.8 Å². The molecule has 0 aromatic heterocycles. The number of hydrogen-bond donors (Lipinski definition) is 1. The zero-order chi connectivity index (χ0) is 17.0. The molecule has 1 aromatic carbocycles. The number of ether oxygens (including phenoxy) is 1. The molecular formula is C18H25NO4. The molecule has 126 valence electrons. The molecule has 0 bridgehead atoms. The summed E-state index contributed by atoms with van der Waals surface area (Å²) in [6.07, 6.45) is 0.598. The van der Waals surface area contributed by atoms with Gasteiger partial charge in [-0.2, -0.15) is 0 Å². The van der Waals surface area contributed by atoms with Crippen LogP contribution in [0, 0.1) is 18.8 Å². The van der Waals surface area contributed by atoms with Crippen molar-refractivity contribution in [3.8, 4) is 5.75 Å². The third-order valence-electron chi connectivity index (χ3n) is 4.23. The summed E-state index contributed by atoms with van der Waals surface area (Å²) in [6, 6.07) is 7.60. The van der Waals surface area contributed by atoms with E-state index in [0.29, 0.717) is 25.1 Å². The minimum Gasteiger partial charge on any atom is -0.481 e. The highest BCUT2D eigenvalue weighted by Crippen LogP contribution is 2.24. The number of piperidine rings is 1. The first-order chi connectivity index (χ1) is 10.9. The molecule has 0 aliphatic carbocycles. The molecule has 0 radical (unpaired) electrons. The summed E-state index contributed by atoms with van der Waals surface area (Å²) in [4.78, 5) is 25.7. The van der Waals surface area contributed by atoms with E-state index in [1.807, 2.05) is 45.0 Å². The number of carboxylic acids is 1. The maximum atomic E-state index is 12.7. The van der Waals surface area contributed by atoms with Crippen LogP contribution in [0.2, 0.25) is 0 Å². The van der Waals surface area contributed by atoms with Gasteiger partial charge in [0.1, 0.15) is 5.75 Å². The van der Waals surface area contributed by atoms with E-state index in [4.69, 9.17) is 4.74 Å². The quantitative estimate of drug-likeness (QED) is 0.906. The maximum Gasteiger partial charge on any atom is 0.308 e. The van der Waals surface area contributed by atoms with Crippen LogP contribution in [0.3, 0.4) is 0 Å². The number of likely N-dealkylation sites (tertiary alicyclic amines) is 1. The zero-order valence-electron chi connectivity index (χ0n) is 14.0. The summed E-state index contributed by atoms with van der Waals surface area (Å²) < 4.78 is 5.85. The molecule has 1 aliphatic heterocycles. The van der Waals surface area contributed by atoms with Gasteiger partial charge in [-0.3, -0.25) is 9.59 Å². The van der Waals surface area contributed by atoms with Gasteiger partial charge in [0.05, 0.1) is 5.92 Å². The Kier molecular flexibility index (Phi) is 5.64. The van der Waals surface area contributed by atoms with E-state index < -0.39 is 18.0 Å². The molecule has 3 atom stereocenters. The van der Waals surface area contributed by atoms with E-state index in [1.54, 1.807) is 4.90 Å². The summed E-state index contributed by atoms with van der Waals surface area (Å²) in [5.74, 6) is -0.580. The summed E-state index contributed by atoms with van der Waals surface area (Å²) in [6.45, 7) is 6.72. The number of hydrogen-bond acceptors (Lipinski definition) is 3. The molecular weight excluding hydrogens is 294 g/mol. The fraction of sp³-hybridized carbons (Fsp3) is 0.556. The number of aryl methyl sites for hydroxylation is 1. The lowest BCUT2D eigenvalue weighted by Crippen LogP contribution is -2.50. The number of nitrogens with zero attached hydrogens (tertiary/aromatic N) is 1. The van der Waals surface area contributed by atoms with Gasteiger partial charge in [0.2, 0.25) is 0 Å². The van der Waals surface area contributed by atoms with Gasteiger partial charge in [-0.25, -0.2) is 0 Å². The third kappa shape index (κ3) is 4.47. The van der Waals surface area contributed by atoms with E-state index in [0.717, 1.165) is 5.56 Å². The number of benzene rings is 1. The average Bonchev–Trinajstić information content (AvgIpc) is 2.51. The molecule has 1 saturated heterocycles. The summed E-state index contributed by atoms with van der Waals surface area (Å²) in [5, 5.41) is 9.25. The van der Waals surface area contributed by atoms with Gasteiger partial charge in [-0.1, -0.05) is 26.0 Å². The van der Waals surface area contributed by atoms with Crippen molar-refractivity contribution in [3.05, 3.63) is 29.8 Å². The number of carbonyl (C=O) groups excluding carboxylic acids is 1. The number of amides is 1. The van der Waals surface area contributed by atoms with Crippen molar-refractivity contribution < 1.29 is 19.4 Å². The Labute approximate surface area is 137 Å². The van der Waals surface area contributed by atoms with E-state index in [9.17, 15) is 14.7 Å². The Morgan fingerprint density at radius 3 is 2.74 bits per heavy atom. The SMILES string of the molecule is CCC(Oc1cccc(C)c1)C(=O)N1CC(C)CC(C(=O)O)C1. The Balaban J connectivity index is 2.08. The first-order valence-electron chi connectivity index (χ1n) is 8.15. The van der Waals surface area contributed by atoms with Crippen LogP contribution < -0.4 is 4.74 Å². The first-order valence-corrected chi connectivity index (χ1v) is 8.15. The molecule has 1 heterocycles. The lowest BCUT2D eigenvalue weighted by Gasteiger charge is -2.36. The standard InChI is InChI=1S/C18H25NO4/c1-4-16(23-15-7-5-6-12(2)9-15)17(20)19-10-13(3)8-14(11-19)18(21)22/h5-7,9,13-14,16H,4,8,10-11H2,1-3H3,(H,21,22). The van der Waals surface area contributed by atoms with Crippen molar-refractivity contribution >= 4 is 11.9 Å². The molecule has 3 unspecified atom stereocenters. The second-order valence-corrected chi connectivity index (χ2v) is 6.45. The van der Waals surface area contributed by atoms with E-state index >= 15 is 0 Å². The number of aliphatic carboxylic acids is 1. The van der Waals surface area contributed by atoms with Gasteiger partial charge >= 0.3 is 5.97 Å². The normalized spacial score (nSPS) is 22.5. The van der Waals surface area contributed by atoms with Crippen molar-refractivity contribution in [2.75, 3.05) is 13.1 Å². The summed E-state index contributed by atoms with van der Waals surface area (Å²) in [5.41, 5.74) is 1.07. The highest BCUT2D eigenvalue weighted by molar-refractivity contribution is 5.82. The van der Waals surface area contributed by atoms with Crippen LogP contribution in [0.1, 0.15) is 32.3 Å². The minimum atomic E-state index is -0.831. The topological polar surface area (TPSA) is 66.8 Å². The van der Waals surface area contributed by atoms with Crippen LogP contribution in [0.4, 0.5) is 0 Å². The molecule has 1 N–H and O–H groups in total. The van der Waals surface area contributed by atoms with Crippen LogP contribution in [0.15, 0.2) is 24.3 Å². The molecule has 1 amide bonds. The van der Waals surface area contributed by atoms with Gasteiger partial charge in [-0.05, 0) is 43.4 Å². The molecule has 5 nitrogen and oxygen atoms in total. The van der Waals surface area contributed by atoms with E-state index in [-0.39, 0.29) is 18.4 Å². The summed E-state index contributed by atoms with van der Waals surface area (Å²) in [7, 11) is 0. The van der Waals surface area contributed by atoms with Crippen molar-refractivity contribution in [2.45, 2.75) is 39.7 Å².